The number of nitrogens with two attached hydrogens (primary N) is 1. The average Bonchev–Trinajstić information content (AvgIpc) is 3.17. The summed E-state index contributed by atoms with van der Waals surface area (Å²) in [7, 11) is 1.58. The number of hydrogen-bond acceptors (Lipinski definition) is 6. The van der Waals surface area contributed by atoms with Crippen LogP contribution in [-0.4, -0.2) is 47.7 Å². The van der Waals surface area contributed by atoms with Crippen molar-refractivity contribution in [3.05, 3.63) is 69.3 Å². The van der Waals surface area contributed by atoms with Crippen LogP contribution in [0.3, 0.4) is 0 Å². The molecule has 1 atom stereocenters. The molecule has 1 aromatic carbocycles. The van der Waals surface area contributed by atoms with E-state index in [1.54, 1.807) is 18.9 Å². The quantitative estimate of drug-likeness (QED) is 0.634. The van der Waals surface area contributed by atoms with Gasteiger partial charge in [0, 0.05) is 36.1 Å². The number of rotatable bonds is 5. The standard InChI is InChI=1S/C30H33N3O5/c1-7-33-14-22-25(29(33)36)26(24-19(34)12-30(4,5)13-21(24)38-22)23-16(3)17(9-11-20(23)37-6)18-10-8-15(2)27(32-18)28(31)35/h8-11,26H,7,12-14H2,1-6H3,(H2,31,35)/t26-/m0/s1. The number of benzene rings is 1. The number of amides is 2. The Bertz CT molecular complexity index is 1470. The molecular weight excluding hydrogens is 482 g/mol. The first-order chi connectivity index (χ1) is 18.0. The SMILES string of the molecule is CCN1CC2=C(C1=O)[C@@H](c1c(OC)ccc(-c3ccc(C)c(C(N)=O)n3)c1C)C1=C(CC(C)(C)CC1=O)O2. The van der Waals surface area contributed by atoms with E-state index in [1.807, 2.05) is 38.1 Å². The van der Waals surface area contributed by atoms with E-state index in [1.165, 1.54) is 0 Å². The van der Waals surface area contributed by atoms with Gasteiger partial charge < -0.3 is 20.1 Å². The molecule has 3 heterocycles. The van der Waals surface area contributed by atoms with Gasteiger partial charge in [-0.1, -0.05) is 19.9 Å². The molecule has 0 fully saturated rings. The Kier molecular flexibility index (Phi) is 6.16. The number of hydrogen-bond donors (Lipinski definition) is 1. The highest BCUT2D eigenvalue weighted by Gasteiger charge is 2.49. The molecule has 8 nitrogen and oxygen atoms in total. The van der Waals surface area contributed by atoms with Gasteiger partial charge in [-0.15, -0.1) is 0 Å². The summed E-state index contributed by atoms with van der Waals surface area (Å²) < 4.78 is 12.2. The number of carbonyl (C=O) groups is 3. The number of aryl methyl sites for hydroxylation is 1. The maximum absolute atomic E-state index is 13.7. The van der Waals surface area contributed by atoms with Crippen LogP contribution >= 0.6 is 0 Å². The number of carbonyl (C=O) groups excluding carboxylic acids is 3. The fourth-order valence-electron chi connectivity index (χ4n) is 5.97. The molecule has 0 spiro atoms. The first-order valence-electron chi connectivity index (χ1n) is 12.9. The summed E-state index contributed by atoms with van der Waals surface area (Å²) in [6.07, 6.45) is 0.965. The minimum absolute atomic E-state index is 0.0214. The van der Waals surface area contributed by atoms with Gasteiger partial charge in [0.2, 0.25) is 0 Å². The molecule has 0 saturated heterocycles. The maximum Gasteiger partial charge on any atom is 0.267 e. The Morgan fingerprint density at radius 2 is 1.87 bits per heavy atom. The number of allylic oxidation sites excluding steroid dienone is 2. The van der Waals surface area contributed by atoms with Crippen LogP contribution in [0, 0.1) is 19.3 Å². The van der Waals surface area contributed by atoms with Crippen LogP contribution in [0.15, 0.2) is 46.9 Å². The zero-order valence-corrected chi connectivity index (χ0v) is 22.7. The van der Waals surface area contributed by atoms with Gasteiger partial charge in [-0.25, -0.2) is 4.98 Å². The highest BCUT2D eigenvalue weighted by atomic mass is 16.5. The molecule has 2 aliphatic heterocycles. The van der Waals surface area contributed by atoms with Gasteiger partial charge >= 0.3 is 0 Å². The number of primary amides is 1. The predicted molar refractivity (Wildman–Crippen MR) is 142 cm³/mol. The van der Waals surface area contributed by atoms with Gasteiger partial charge in [0.15, 0.2) is 5.78 Å². The summed E-state index contributed by atoms with van der Waals surface area (Å²) in [4.78, 5) is 45.6. The molecule has 2 aromatic rings. The molecule has 5 rings (SSSR count). The number of pyridine rings is 1. The third kappa shape index (κ3) is 3.99. The highest BCUT2D eigenvalue weighted by molar-refractivity contribution is 6.06. The Labute approximate surface area is 222 Å². The molecule has 38 heavy (non-hydrogen) atoms. The van der Waals surface area contributed by atoms with Crippen molar-refractivity contribution in [1.82, 2.24) is 9.88 Å². The minimum Gasteiger partial charge on any atom is -0.496 e. The summed E-state index contributed by atoms with van der Waals surface area (Å²) in [5, 5.41) is 0. The number of methoxy groups -OCH3 is 1. The second-order valence-corrected chi connectivity index (χ2v) is 11.0. The number of ketones is 1. The summed E-state index contributed by atoms with van der Waals surface area (Å²) >= 11 is 0. The predicted octanol–water partition coefficient (Wildman–Crippen LogP) is 4.35. The Balaban J connectivity index is 1.77. The number of likely N-dealkylation sites (N-methyl/N-ethyl adjacent to an activating group) is 1. The van der Waals surface area contributed by atoms with Crippen molar-refractivity contribution in [3.63, 3.8) is 0 Å². The van der Waals surface area contributed by atoms with Gasteiger partial charge in [-0.05, 0) is 55.5 Å². The first-order valence-corrected chi connectivity index (χ1v) is 12.9. The minimum atomic E-state index is -0.627. The molecule has 0 unspecified atom stereocenters. The molecule has 1 aliphatic carbocycles. The monoisotopic (exact) mass is 515 g/mol. The smallest absolute Gasteiger partial charge is 0.267 e. The van der Waals surface area contributed by atoms with Gasteiger partial charge in [-0.3, -0.25) is 14.4 Å². The lowest BCUT2D eigenvalue weighted by atomic mass is 9.69. The number of ether oxygens (including phenoxy) is 2. The summed E-state index contributed by atoms with van der Waals surface area (Å²) in [5.41, 5.74) is 10.1. The third-order valence-corrected chi connectivity index (χ3v) is 7.83. The van der Waals surface area contributed by atoms with Crippen LogP contribution in [0.25, 0.3) is 11.3 Å². The average molecular weight is 516 g/mol. The van der Waals surface area contributed by atoms with Crippen molar-refractivity contribution in [1.29, 1.82) is 0 Å². The topological polar surface area (TPSA) is 112 Å². The largest absolute Gasteiger partial charge is 0.496 e. The molecule has 0 saturated carbocycles. The number of Topliss-reactive ketones (excluding diaryl/α,β-unsaturated/α-hetero) is 1. The lowest BCUT2D eigenvalue weighted by Gasteiger charge is -2.38. The molecule has 0 bridgehead atoms. The van der Waals surface area contributed by atoms with Crippen LogP contribution in [0.5, 0.6) is 5.75 Å². The van der Waals surface area contributed by atoms with E-state index in [-0.39, 0.29) is 22.8 Å². The zero-order valence-electron chi connectivity index (χ0n) is 22.7. The summed E-state index contributed by atoms with van der Waals surface area (Å²) in [6, 6.07) is 7.36. The van der Waals surface area contributed by atoms with Gasteiger partial charge in [0.05, 0.1) is 30.8 Å². The Hall–Kier alpha value is -3.94. The summed E-state index contributed by atoms with van der Waals surface area (Å²) in [5.74, 6) is 0.424. The second-order valence-electron chi connectivity index (χ2n) is 11.0. The van der Waals surface area contributed by atoms with Gasteiger partial charge in [0.1, 0.15) is 23.0 Å². The van der Waals surface area contributed by atoms with Gasteiger partial charge in [0.25, 0.3) is 11.8 Å². The second kappa shape index (κ2) is 9.11. The zero-order chi connectivity index (χ0) is 27.5. The van der Waals surface area contributed by atoms with Gasteiger partial charge in [-0.2, -0.15) is 0 Å². The molecule has 0 radical (unpaired) electrons. The van der Waals surface area contributed by atoms with Crippen molar-refractivity contribution >= 4 is 17.6 Å². The number of aromatic nitrogens is 1. The van der Waals surface area contributed by atoms with E-state index in [2.05, 4.69) is 18.8 Å². The van der Waals surface area contributed by atoms with Crippen molar-refractivity contribution in [2.75, 3.05) is 20.2 Å². The fourth-order valence-corrected chi connectivity index (χ4v) is 5.97. The number of nitrogens with zero attached hydrogens (tertiary/aromatic N) is 2. The van der Waals surface area contributed by atoms with Crippen molar-refractivity contribution < 1.29 is 23.9 Å². The molecule has 3 aliphatic rings. The molecule has 198 valence electrons. The van der Waals surface area contributed by atoms with Crippen molar-refractivity contribution in [3.8, 4) is 17.0 Å². The van der Waals surface area contributed by atoms with E-state index in [0.717, 1.165) is 16.7 Å². The van der Waals surface area contributed by atoms with E-state index in [4.69, 9.17) is 15.2 Å². The van der Waals surface area contributed by atoms with Crippen LogP contribution < -0.4 is 10.5 Å². The van der Waals surface area contributed by atoms with Crippen LogP contribution in [0.1, 0.15) is 66.7 Å². The molecule has 2 N–H and O–H groups in total. The van der Waals surface area contributed by atoms with Crippen LogP contribution in [-0.2, 0) is 14.3 Å². The lowest BCUT2D eigenvalue weighted by molar-refractivity contribution is -0.125. The fraction of sp³-hybridized carbons (Fsp3) is 0.400. The van der Waals surface area contributed by atoms with E-state index in [0.29, 0.717) is 65.6 Å². The Morgan fingerprint density at radius 3 is 2.53 bits per heavy atom. The molecule has 8 heteroatoms. The lowest BCUT2D eigenvalue weighted by Crippen LogP contribution is -2.34. The van der Waals surface area contributed by atoms with Crippen molar-refractivity contribution in [2.24, 2.45) is 11.1 Å². The maximum atomic E-state index is 13.7. The van der Waals surface area contributed by atoms with E-state index < -0.39 is 11.8 Å². The van der Waals surface area contributed by atoms with Crippen LogP contribution in [0.4, 0.5) is 0 Å². The van der Waals surface area contributed by atoms with Crippen LogP contribution in [0.2, 0.25) is 0 Å². The van der Waals surface area contributed by atoms with E-state index in [9.17, 15) is 14.4 Å². The first kappa shape index (κ1) is 25.7. The summed E-state index contributed by atoms with van der Waals surface area (Å²) in [6.45, 7) is 10.7. The normalized spacial score (nSPS) is 20.4. The third-order valence-electron chi connectivity index (χ3n) is 7.83. The van der Waals surface area contributed by atoms with E-state index >= 15 is 0 Å². The molecule has 1 aromatic heterocycles. The Morgan fingerprint density at radius 1 is 1.13 bits per heavy atom. The molecule has 2 amide bonds. The molecular formula is C30H33N3O5. The highest BCUT2D eigenvalue weighted by Crippen LogP contribution is 2.53. The van der Waals surface area contributed by atoms with Crippen molar-refractivity contribution in [2.45, 2.75) is 53.4 Å².